The molecular weight excluding hydrogens is 435 g/mol. The van der Waals surface area contributed by atoms with E-state index in [0.717, 1.165) is 5.75 Å². The van der Waals surface area contributed by atoms with Gasteiger partial charge in [0.05, 0.1) is 43.7 Å². The maximum atomic E-state index is 14.6. The molecule has 11 heteroatoms. The van der Waals surface area contributed by atoms with E-state index in [0.29, 0.717) is 44.1 Å². The molecule has 2 fully saturated rings. The number of ether oxygens (including phenoxy) is 2. The molecule has 8 nitrogen and oxygen atoms in total. The summed E-state index contributed by atoms with van der Waals surface area (Å²) in [5.41, 5.74) is 6.75. The third kappa shape index (κ3) is 6.13. The van der Waals surface area contributed by atoms with Crippen molar-refractivity contribution in [3.8, 4) is 0 Å². The molecule has 3 N–H and O–H groups in total. The second-order valence-electron chi connectivity index (χ2n) is 6.98. The lowest BCUT2D eigenvalue weighted by Gasteiger charge is -2.29. The zero-order chi connectivity index (χ0) is 20.8. The molecule has 0 spiro atoms. The maximum absolute atomic E-state index is 14.6. The van der Waals surface area contributed by atoms with Crippen molar-refractivity contribution < 1.29 is 23.5 Å². The lowest BCUT2D eigenvalue weighted by atomic mass is 10.2. The molecule has 30 heavy (non-hydrogen) atoms. The number of cyclic esters (lactones) is 1. The lowest BCUT2D eigenvalue weighted by molar-refractivity contribution is -0.122. The van der Waals surface area contributed by atoms with Crippen LogP contribution in [0.5, 0.6) is 0 Å². The van der Waals surface area contributed by atoms with Crippen LogP contribution in [0.4, 0.5) is 20.6 Å². The highest BCUT2D eigenvalue weighted by molar-refractivity contribution is 7.98. The summed E-state index contributed by atoms with van der Waals surface area (Å²) in [4.78, 5) is 27.5. The van der Waals surface area contributed by atoms with Crippen molar-refractivity contribution in [3.05, 3.63) is 24.0 Å². The molecule has 2 aliphatic heterocycles. The normalized spacial score (nSPS) is 19.8. The molecule has 1 aromatic carbocycles. The molecule has 1 aromatic rings. The highest BCUT2D eigenvalue weighted by Gasteiger charge is 2.33. The van der Waals surface area contributed by atoms with Gasteiger partial charge in [-0.15, -0.1) is 12.4 Å². The predicted molar refractivity (Wildman–Crippen MR) is 118 cm³/mol. The molecule has 0 aromatic heterocycles. The zero-order valence-electron chi connectivity index (χ0n) is 16.8. The summed E-state index contributed by atoms with van der Waals surface area (Å²) in [5.74, 6) is 0.135. The third-order valence-electron chi connectivity index (χ3n) is 4.94. The summed E-state index contributed by atoms with van der Waals surface area (Å²) in [5, 5.41) is 2.72. The smallest absolute Gasteiger partial charge is 0.414 e. The Morgan fingerprint density at radius 3 is 2.80 bits per heavy atom. The van der Waals surface area contributed by atoms with Crippen molar-refractivity contribution in [1.29, 1.82) is 0 Å². The number of nitrogens with two attached hydrogens (primary N) is 1. The number of amides is 2. The first-order valence-electron chi connectivity index (χ1n) is 9.62. The van der Waals surface area contributed by atoms with Crippen molar-refractivity contribution >= 4 is 47.5 Å². The SMILES string of the molecule is CSCCC(N)C(=O)NC[C@H]1CN(c2ccc(N3CCOCC3)c(F)c2)C(=O)O1.Cl. The van der Waals surface area contributed by atoms with Gasteiger partial charge in [0, 0.05) is 13.1 Å². The Hall–Kier alpha value is -1.75. The van der Waals surface area contributed by atoms with Gasteiger partial charge in [-0.25, -0.2) is 9.18 Å². The average Bonchev–Trinajstić information content (AvgIpc) is 3.11. The number of nitrogens with zero attached hydrogens (tertiary/aromatic N) is 2. The van der Waals surface area contributed by atoms with Crippen LogP contribution in [-0.4, -0.2) is 75.5 Å². The van der Waals surface area contributed by atoms with Crippen LogP contribution in [0.25, 0.3) is 0 Å². The second-order valence-corrected chi connectivity index (χ2v) is 7.97. The number of morpholine rings is 1. The highest BCUT2D eigenvalue weighted by atomic mass is 35.5. The number of carbonyl (C=O) groups is 2. The number of benzene rings is 1. The van der Waals surface area contributed by atoms with Crippen LogP contribution in [0.15, 0.2) is 18.2 Å². The average molecular weight is 463 g/mol. The molecule has 2 atom stereocenters. The van der Waals surface area contributed by atoms with E-state index < -0.39 is 24.1 Å². The monoisotopic (exact) mass is 462 g/mol. The molecule has 0 bridgehead atoms. The zero-order valence-corrected chi connectivity index (χ0v) is 18.5. The van der Waals surface area contributed by atoms with Gasteiger partial charge in [-0.1, -0.05) is 0 Å². The highest BCUT2D eigenvalue weighted by Crippen LogP contribution is 2.28. The van der Waals surface area contributed by atoms with Crippen LogP contribution >= 0.6 is 24.2 Å². The molecule has 1 unspecified atom stereocenters. The van der Waals surface area contributed by atoms with Crippen LogP contribution in [0, 0.1) is 5.82 Å². The van der Waals surface area contributed by atoms with E-state index in [-0.39, 0.29) is 31.4 Å². The summed E-state index contributed by atoms with van der Waals surface area (Å²) in [6, 6.07) is 4.13. The lowest BCUT2D eigenvalue weighted by Crippen LogP contribution is -2.44. The number of hydrogen-bond donors (Lipinski definition) is 2. The van der Waals surface area contributed by atoms with E-state index in [1.807, 2.05) is 11.2 Å². The minimum atomic E-state index is -0.586. The number of rotatable bonds is 8. The Balaban J connectivity index is 0.00000320. The fraction of sp³-hybridized carbons (Fsp3) is 0.579. The number of hydrogen-bond acceptors (Lipinski definition) is 7. The first kappa shape index (κ1) is 24.5. The van der Waals surface area contributed by atoms with Crippen molar-refractivity contribution in [2.75, 3.05) is 61.2 Å². The second kappa shape index (κ2) is 11.6. The van der Waals surface area contributed by atoms with E-state index in [2.05, 4.69) is 5.32 Å². The van der Waals surface area contributed by atoms with Gasteiger partial charge in [0.25, 0.3) is 0 Å². The standard InChI is InChI=1S/C19H27FN4O4S.ClH/c1-29-9-4-16(21)18(25)22-11-14-12-24(19(26)28-14)13-2-3-17(15(20)10-13)23-5-7-27-8-6-23;/h2-3,10,14,16H,4-9,11-12,21H2,1H3,(H,22,25);1H/t14-,16?;/m0./s1. The van der Waals surface area contributed by atoms with Crippen LogP contribution in [0.2, 0.25) is 0 Å². The summed E-state index contributed by atoms with van der Waals surface area (Å²) in [6.07, 6.45) is 1.46. The van der Waals surface area contributed by atoms with Gasteiger partial charge in [-0.2, -0.15) is 11.8 Å². The van der Waals surface area contributed by atoms with Gasteiger partial charge in [0.15, 0.2) is 0 Å². The quantitative estimate of drug-likeness (QED) is 0.605. The molecule has 0 radical (unpaired) electrons. The molecule has 0 aliphatic carbocycles. The first-order valence-corrected chi connectivity index (χ1v) is 11.0. The first-order chi connectivity index (χ1) is 14.0. The summed E-state index contributed by atoms with van der Waals surface area (Å²) in [7, 11) is 0. The number of carbonyl (C=O) groups excluding carboxylic acids is 2. The Bertz CT molecular complexity index is 738. The van der Waals surface area contributed by atoms with Gasteiger partial charge in [-0.05, 0) is 36.6 Å². The van der Waals surface area contributed by atoms with E-state index >= 15 is 0 Å². The van der Waals surface area contributed by atoms with E-state index in [9.17, 15) is 14.0 Å². The number of halogens is 2. The number of anilines is 2. The Morgan fingerprint density at radius 2 is 2.13 bits per heavy atom. The summed E-state index contributed by atoms with van der Waals surface area (Å²) < 4.78 is 25.2. The fourth-order valence-corrected chi connectivity index (χ4v) is 3.77. The van der Waals surface area contributed by atoms with Gasteiger partial charge >= 0.3 is 6.09 Å². The van der Waals surface area contributed by atoms with Gasteiger partial charge in [-0.3, -0.25) is 9.69 Å². The van der Waals surface area contributed by atoms with Crippen molar-refractivity contribution in [2.24, 2.45) is 5.73 Å². The molecule has 0 saturated carbocycles. The Labute approximate surface area is 186 Å². The van der Waals surface area contributed by atoms with E-state index in [4.69, 9.17) is 15.2 Å². The van der Waals surface area contributed by atoms with Gasteiger partial charge in [0.2, 0.25) is 5.91 Å². The van der Waals surface area contributed by atoms with Crippen LogP contribution in [0.1, 0.15) is 6.42 Å². The Morgan fingerprint density at radius 1 is 1.40 bits per heavy atom. The van der Waals surface area contributed by atoms with Crippen molar-refractivity contribution in [1.82, 2.24) is 5.32 Å². The molecule has 2 saturated heterocycles. The van der Waals surface area contributed by atoms with Crippen LogP contribution < -0.4 is 20.9 Å². The minimum absolute atomic E-state index is 0. The molecule has 2 aliphatic rings. The summed E-state index contributed by atoms with van der Waals surface area (Å²) >= 11 is 1.62. The molecule has 3 rings (SSSR count). The molecule has 168 valence electrons. The Kier molecular flexibility index (Phi) is 9.47. The summed E-state index contributed by atoms with van der Waals surface area (Å²) in [6.45, 7) is 2.78. The van der Waals surface area contributed by atoms with Crippen molar-refractivity contribution in [2.45, 2.75) is 18.6 Å². The van der Waals surface area contributed by atoms with Gasteiger partial charge in [0.1, 0.15) is 11.9 Å². The molecular formula is C19H28ClFN4O4S. The van der Waals surface area contributed by atoms with Crippen molar-refractivity contribution in [3.63, 3.8) is 0 Å². The minimum Gasteiger partial charge on any atom is -0.442 e. The predicted octanol–water partition coefficient (Wildman–Crippen LogP) is 1.61. The fourth-order valence-electron chi connectivity index (χ4n) is 3.28. The number of thioether (sulfide) groups is 1. The van der Waals surface area contributed by atoms with Crippen LogP contribution in [0.3, 0.4) is 0 Å². The maximum Gasteiger partial charge on any atom is 0.414 e. The third-order valence-corrected chi connectivity index (χ3v) is 5.59. The topological polar surface area (TPSA) is 97.1 Å². The molecule has 2 heterocycles. The van der Waals surface area contributed by atoms with Gasteiger partial charge < -0.3 is 25.4 Å². The van der Waals surface area contributed by atoms with E-state index in [1.54, 1.807) is 23.9 Å². The van der Waals surface area contributed by atoms with Crippen LogP contribution in [-0.2, 0) is 14.3 Å². The largest absolute Gasteiger partial charge is 0.442 e. The number of nitrogens with one attached hydrogen (secondary N) is 1. The molecule has 2 amide bonds. The van der Waals surface area contributed by atoms with E-state index in [1.165, 1.54) is 11.0 Å².